The third-order valence-electron chi connectivity index (χ3n) is 5.87. The van der Waals surface area contributed by atoms with Crippen LogP contribution in [-0.2, 0) is 16.1 Å². The number of aliphatic hydroxyl groups excluding tert-OH is 1. The van der Waals surface area contributed by atoms with Gasteiger partial charge in [0.05, 0.1) is 18.7 Å². The van der Waals surface area contributed by atoms with Crippen molar-refractivity contribution in [3.8, 4) is 11.1 Å². The number of hydrogen-bond acceptors (Lipinski definition) is 7. The Morgan fingerprint density at radius 3 is 2.70 bits per heavy atom. The first kappa shape index (κ1) is 17.8. The molecule has 4 heterocycles. The van der Waals surface area contributed by atoms with Crippen molar-refractivity contribution in [1.82, 2.24) is 19.4 Å². The fraction of sp³-hybridized carbons (Fsp3) is 0.474. The molecule has 1 saturated heterocycles. The molecule has 2 aliphatic heterocycles. The highest BCUT2D eigenvalue weighted by Gasteiger charge is 2.55. The summed E-state index contributed by atoms with van der Waals surface area (Å²) in [5.74, 6) is -0.628. The summed E-state index contributed by atoms with van der Waals surface area (Å²) >= 11 is 0. The van der Waals surface area contributed by atoms with Crippen LogP contribution in [0.1, 0.15) is 18.7 Å². The zero-order valence-electron chi connectivity index (χ0n) is 15.3. The summed E-state index contributed by atoms with van der Waals surface area (Å²) in [4.78, 5) is 35.5. The Kier molecular flexibility index (Phi) is 4.53. The van der Waals surface area contributed by atoms with E-state index in [4.69, 9.17) is 4.74 Å². The molecule has 4 rings (SSSR count). The molecule has 0 unspecified atom stereocenters. The lowest BCUT2D eigenvalue weighted by Crippen LogP contribution is -2.43. The number of carbonyl (C=O) groups is 1. The average Bonchev–Trinajstić information content (AvgIpc) is 3.23. The molecule has 4 atom stereocenters. The molecular weight excluding hydrogens is 348 g/mol. The SMILES string of the molecule is CCN1[C@@H]2c3ccc(-c4cncnc4)c(=O)n3C[C@@H]2[C@@H](CO)[C@@H]1C(=O)OC. The number of likely N-dealkylation sites (tertiary alicyclic amines) is 1. The van der Waals surface area contributed by atoms with Crippen LogP contribution in [-0.4, -0.2) is 56.8 Å². The summed E-state index contributed by atoms with van der Waals surface area (Å²) in [5, 5.41) is 9.98. The number of esters is 1. The molecule has 2 aliphatic rings. The van der Waals surface area contributed by atoms with Crippen molar-refractivity contribution in [1.29, 1.82) is 0 Å². The molecule has 2 aromatic heterocycles. The van der Waals surface area contributed by atoms with E-state index < -0.39 is 6.04 Å². The van der Waals surface area contributed by atoms with Crippen molar-refractivity contribution in [2.24, 2.45) is 11.8 Å². The van der Waals surface area contributed by atoms with E-state index in [0.29, 0.717) is 24.2 Å². The van der Waals surface area contributed by atoms with Crippen molar-refractivity contribution in [2.75, 3.05) is 20.3 Å². The zero-order chi connectivity index (χ0) is 19.1. The quantitative estimate of drug-likeness (QED) is 0.781. The molecule has 0 aromatic carbocycles. The van der Waals surface area contributed by atoms with Crippen LogP contribution < -0.4 is 5.56 Å². The second-order valence-corrected chi connectivity index (χ2v) is 6.97. The predicted octanol–water partition coefficient (Wildman–Crippen LogP) is 0.462. The molecule has 8 heteroatoms. The minimum Gasteiger partial charge on any atom is -0.468 e. The van der Waals surface area contributed by atoms with Crippen molar-refractivity contribution >= 4 is 5.97 Å². The van der Waals surface area contributed by atoms with E-state index in [1.807, 2.05) is 17.9 Å². The Morgan fingerprint density at radius 1 is 1.33 bits per heavy atom. The van der Waals surface area contributed by atoms with Gasteiger partial charge in [0.2, 0.25) is 0 Å². The van der Waals surface area contributed by atoms with E-state index in [1.54, 1.807) is 23.0 Å². The number of rotatable bonds is 4. The van der Waals surface area contributed by atoms with Gasteiger partial charge in [-0.1, -0.05) is 6.92 Å². The maximum Gasteiger partial charge on any atom is 0.323 e. The fourth-order valence-corrected chi connectivity index (χ4v) is 4.73. The molecule has 2 aromatic rings. The van der Waals surface area contributed by atoms with Crippen LogP contribution in [0.5, 0.6) is 0 Å². The topological polar surface area (TPSA) is 97.5 Å². The number of fused-ring (bicyclic) bond motifs is 3. The van der Waals surface area contributed by atoms with Crippen molar-refractivity contribution in [3.05, 3.63) is 46.9 Å². The second-order valence-electron chi connectivity index (χ2n) is 6.97. The molecule has 0 radical (unpaired) electrons. The summed E-state index contributed by atoms with van der Waals surface area (Å²) in [6, 6.07) is 3.14. The summed E-state index contributed by atoms with van der Waals surface area (Å²) in [6.07, 6.45) is 4.67. The van der Waals surface area contributed by atoms with Gasteiger partial charge in [0.15, 0.2) is 0 Å². The molecule has 1 fully saturated rings. The first-order chi connectivity index (χ1) is 13.1. The van der Waals surface area contributed by atoms with Gasteiger partial charge in [0, 0.05) is 48.6 Å². The van der Waals surface area contributed by atoms with Gasteiger partial charge in [-0.15, -0.1) is 0 Å². The number of likely N-dealkylation sites (N-methyl/N-ethyl adjacent to an activating group) is 1. The van der Waals surface area contributed by atoms with E-state index in [1.165, 1.54) is 13.4 Å². The van der Waals surface area contributed by atoms with E-state index in [2.05, 4.69) is 9.97 Å². The molecule has 1 N–H and O–H groups in total. The Balaban J connectivity index is 1.79. The summed E-state index contributed by atoms with van der Waals surface area (Å²) < 4.78 is 6.74. The fourth-order valence-electron chi connectivity index (χ4n) is 4.73. The third-order valence-corrected chi connectivity index (χ3v) is 5.87. The monoisotopic (exact) mass is 370 g/mol. The van der Waals surface area contributed by atoms with Gasteiger partial charge in [0.25, 0.3) is 5.56 Å². The van der Waals surface area contributed by atoms with Gasteiger partial charge in [-0.05, 0) is 18.7 Å². The Labute approximate surface area is 156 Å². The van der Waals surface area contributed by atoms with Crippen LogP contribution in [0.4, 0.5) is 0 Å². The van der Waals surface area contributed by atoms with Gasteiger partial charge < -0.3 is 14.4 Å². The average molecular weight is 370 g/mol. The highest BCUT2D eigenvalue weighted by atomic mass is 16.5. The number of carbonyl (C=O) groups excluding carboxylic acids is 1. The number of nitrogens with zero attached hydrogens (tertiary/aromatic N) is 4. The van der Waals surface area contributed by atoms with Crippen molar-refractivity contribution < 1.29 is 14.6 Å². The number of methoxy groups -OCH3 is 1. The standard InChI is InChI=1S/C19H22N4O4/c1-3-22-16-13(14(9-24)17(22)19(26)27-2)8-23-15(16)5-4-12(18(23)25)11-6-20-10-21-7-11/h4-7,10,13-14,16-17,24H,3,8-9H2,1-2H3/t13-,14-,16+,17-/m1/s1. The minimum absolute atomic E-state index is 0.0194. The number of hydrogen-bond donors (Lipinski definition) is 1. The molecule has 0 bridgehead atoms. The lowest BCUT2D eigenvalue weighted by atomic mass is 9.88. The number of aliphatic hydroxyl groups is 1. The maximum absolute atomic E-state index is 13.1. The smallest absolute Gasteiger partial charge is 0.323 e. The third kappa shape index (κ3) is 2.59. The largest absolute Gasteiger partial charge is 0.468 e. The molecule has 8 nitrogen and oxygen atoms in total. The lowest BCUT2D eigenvalue weighted by Gasteiger charge is -2.28. The molecule has 0 amide bonds. The van der Waals surface area contributed by atoms with Crippen molar-refractivity contribution in [2.45, 2.75) is 25.6 Å². The van der Waals surface area contributed by atoms with Gasteiger partial charge in [0.1, 0.15) is 12.4 Å². The van der Waals surface area contributed by atoms with Gasteiger partial charge >= 0.3 is 5.97 Å². The van der Waals surface area contributed by atoms with Gasteiger partial charge in [-0.25, -0.2) is 9.97 Å². The first-order valence-corrected chi connectivity index (χ1v) is 9.05. The van der Waals surface area contributed by atoms with Crippen LogP contribution in [0.2, 0.25) is 0 Å². The highest BCUT2D eigenvalue weighted by Crippen LogP contribution is 2.49. The summed E-state index contributed by atoms with van der Waals surface area (Å²) in [7, 11) is 1.37. The molecular formula is C19H22N4O4. The summed E-state index contributed by atoms with van der Waals surface area (Å²) in [5.41, 5.74) is 2.00. The van der Waals surface area contributed by atoms with E-state index in [-0.39, 0.29) is 36.0 Å². The lowest BCUT2D eigenvalue weighted by molar-refractivity contribution is -0.148. The minimum atomic E-state index is -0.494. The maximum atomic E-state index is 13.1. The molecule has 27 heavy (non-hydrogen) atoms. The van der Waals surface area contributed by atoms with Crippen LogP contribution in [0.15, 0.2) is 35.6 Å². The van der Waals surface area contributed by atoms with Gasteiger partial charge in [-0.3, -0.25) is 14.5 Å². The first-order valence-electron chi connectivity index (χ1n) is 9.05. The van der Waals surface area contributed by atoms with Crippen LogP contribution in [0.3, 0.4) is 0 Å². The molecule has 0 saturated carbocycles. The van der Waals surface area contributed by atoms with Gasteiger partial charge in [-0.2, -0.15) is 0 Å². The predicted molar refractivity (Wildman–Crippen MR) is 96.7 cm³/mol. The number of aromatic nitrogens is 3. The molecule has 0 spiro atoms. The highest BCUT2D eigenvalue weighted by molar-refractivity contribution is 5.77. The summed E-state index contributed by atoms with van der Waals surface area (Å²) in [6.45, 7) is 2.94. The van der Waals surface area contributed by atoms with E-state index >= 15 is 0 Å². The van der Waals surface area contributed by atoms with Crippen LogP contribution in [0.25, 0.3) is 11.1 Å². The number of pyridine rings is 1. The Hall–Kier alpha value is -2.58. The normalized spacial score (nSPS) is 26.6. The second kappa shape index (κ2) is 6.86. The van der Waals surface area contributed by atoms with E-state index in [9.17, 15) is 14.7 Å². The number of ether oxygens (including phenoxy) is 1. The van der Waals surface area contributed by atoms with Crippen LogP contribution in [0, 0.1) is 11.8 Å². The molecule has 142 valence electrons. The Bertz CT molecular complexity index is 914. The molecule has 0 aliphatic carbocycles. The Morgan fingerprint density at radius 2 is 2.07 bits per heavy atom. The zero-order valence-corrected chi connectivity index (χ0v) is 15.3. The van der Waals surface area contributed by atoms with Crippen molar-refractivity contribution in [3.63, 3.8) is 0 Å². The van der Waals surface area contributed by atoms with Crippen LogP contribution >= 0.6 is 0 Å². The van der Waals surface area contributed by atoms with E-state index in [0.717, 1.165) is 5.69 Å².